The first-order chi connectivity index (χ1) is 55.6. The van der Waals surface area contributed by atoms with Gasteiger partial charge in [0.1, 0.15) is 0 Å². The van der Waals surface area contributed by atoms with Crippen molar-refractivity contribution in [2.24, 2.45) is 120 Å². The molecule has 744 valence electrons. The van der Waals surface area contributed by atoms with Gasteiger partial charge in [-0.3, -0.25) is 120 Å². The molecule has 0 rings (SSSR count). The zero-order valence-corrected chi connectivity index (χ0v) is 91.8. The minimum absolute atomic E-state index is 0. The topological polar surface area (TPSA) is 297 Å². The maximum absolute atomic E-state index is 4.29. The largest absolute Gasteiger partial charge is 0.295 e. The summed E-state index contributed by atoms with van der Waals surface area (Å²) in [4.78, 5) is 97.7. The molecule has 0 aromatic carbocycles. The zero-order chi connectivity index (χ0) is 93.3. The Morgan fingerprint density at radius 3 is 0.427 bits per heavy atom. The van der Waals surface area contributed by atoms with Crippen LogP contribution in [0.3, 0.4) is 0 Å². The van der Waals surface area contributed by atoms with Gasteiger partial charge in [-0.05, 0) is 244 Å². The predicted octanol–water partition coefficient (Wildman–Crippen LogP) is 22.6. The van der Waals surface area contributed by atoms with Crippen molar-refractivity contribution in [3.8, 4) is 0 Å². The van der Waals surface area contributed by atoms with Gasteiger partial charge in [0.2, 0.25) is 0 Å². The van der Waals surface area contributed by atoms with Gasteiger partial charge < -0.3 is 0 Å². The zero-order valence-electron chi connectivity index (χ0n) is 85.8. The fraction of sp³-hybridized carbons (Fsp3) is 0.745. The quantitative estimate of drug-likeness (QED) is 0.0411. The average molecular weight is 2010 g/mol. The van der Waals surface area contributed by atoms with Crippen LogP contribution in [-0.2, 0) is 98.9 Å². The normalized spacial score (nSPS) is 13.1. The molecule has 0 radical (unpaired) electrons. The fourth-order valence-electron chi connectivity index (χ4n) is 5.11. The van der Waals surface area contributed by atoms with Gasteiger partial charge in [0.15, 0.2) is 0 Å². The molecular formula is C94H188N24Ni6. The van der Waals surface area contributed by atoms with E-state index in [1.54, 1.807) is 177 Å². The third-order valence-electron chi connectivity index (χ3n) is 11.8. The fourth-order valence-corrected chi connectivity index (χ4v) is 5.11. The Kier molecular flexibility index (Phi) is 178. The number of aliphatic imine (C=N–C) groups is 24. The average Bonchev–Trinajstić information content (AvgIpc) is 0.969. The second-order valence-corrected chi connectivity index (χ2v) is 30.8. The van der Waals surface area contributed by atoms with E-state index in [-0.39, 0.29) is 121 Å². The number of rotatable bonds is 38. The smallest absolute Gasteiger partial charge is 0.0524 e. The molecule has 0 spiro atoms. The first-order valence-corrected chi connectivity index (χ1v) is 43.5. The van der Waals surface area contributed by atoms with Crippen molar-refractivity contribution < 1.29 is 98.9 Å². The van der Waals surface area contributed by atoms with Gasteiger partial charge in [-0.2, -0.15) is 0 Å². The van der Waals surface area contributed by atoms with Crippen molar-refractivity contribution in [1.82, 2.24) is 0 Å². The van der Waals surface area contributed by atoms with E-state index in [0.717, 1.165) is 117 Å². The van der Waals surface area contributed by atoms with E-state index >= 15 is 0 Å². The maximum Gasteiger partial charge on any atom is 0.0524 e. The first-order valence-electron chi connectivity index (χ1n) is 43.5. The van der Waals surface area contributed by atoms with Gasteiger partial charge in [-0.25, -0.2) is 0 Å². The van der Waals surface area contributed by atoms with Gasteiger partial charge in [0, 0.05) is 377 Å². The molecule has 0 N–H and O–H groups in total. The van der Waals surface area contributed by atoms with E-state index in [1.165, 1.54) is 0 Å². The van der Waals surface area contributed by atoms with Crippen LogP contribution < -0.4 is 0 Å². The van der Waals surface area contributed by atoms with Crippen LogP contribution in [-0.4, -0.2) is 300 Å². The Morgan fingerprint density at radius 2 is 0.323 bits per heavy atom. The molecule has 0 bridgehead atoms. The molecule has 0 aliphatic carbocycles. The number of hydrogen-bond acceptors (Lipinski definition) is 24. The van der Waals surface area contributed by atoms with Crippen LogP contribution in [0.4, 0.5) is 0 Å². The Bertz CT molecular complexity index is 2400. The van der Waals surface area contributed by atoms with Gasteiger partial charge in [0.25, 0.3) is 0 Å². The van der Waals surface area contributed by atoms with E-state index in [9.17, 15) is 0 Å². The van der Waals surface area contributed by atoms with Gasteiger partial charge >= 0.3 is 0 Å². The molecule has 24 nitrogen and oxygen atoms in total. The second-order valence-electron chi connectivity index (χ2n) is 30.8. The standard InChI is InChI=1S/4C10H20N2.5C8H16N2.C6H12N2.2C4H8N2.6Ni/c2*1-9(2,3)11-7-8-12-10(4,5)6;2*1-5-9(3)11-7-8-12-10(4)6-2;2*1-7(2)9-5-6-10-8(3)4;3*1-3-5-9-7-8-10-6-4-2;1-3-7-5-6-8-4-2;2*1-5-3-4-6-2;;;;;;/h2*7-8H,1-6H3;2*7-10H,5-6H2,1-4H3;2*5-8H,1-4H3;3*7-8H,3-6H2,1-2H3;5-6H,3-4H2,1-2H3;2*3-4H,1-2H3;;;;;;. The van der Waals surface area contributed by atoms with Crippen LogP contribution in [0.15, 0.2) is 120 Å². The summed E-state index contributed by atoms with van der Waals surface area (Å²) in [5.41, 5.74) is 0.0155. The van der Waals surface area contributed by atoms with E-state index < -0.39 is 0 Å². The Labute approximate surface area is 826 Å². The monoisotopic (exact) mass is 2000 g/mol. The molecule has 0 amide bonds. The predicted molar refractivity (Wildman–Crippen MR) is 558 cm³/mol. The number of hydrogen-bond donors (Lipinski definition) is 0. The molecule has 0 saturated heterocycles. The molecule has 0 fully saturated rings. The summed E-state index contributed by atoms with van der Waals surface area (Å²) >= 11 is 0. The Balaban J connectivity index is -0.0000000618. The minimum Gasteiger partial charge on any atom is -0.295 e. The molecule has 30 heteroatoms. The van der Waals surface area contributed by atoms with Crippen LogP contribution in [0, 0.1) is 0 Å². The van der Waals surface area contributed by atoms with Crippen LogP contribution in [0.1, 0.15) is 313 Å². The molecule has 0 heterocycles. The number of nitrogens with zero attached hydrogens (tertiary/aromatic N) is 24. The van der Waals surface area contributed by atoms with Crippen molar-refractivity contribution in [2.75, 3.05) is 80.5 Å². The van der Waals surface area contributed by atoms with Crippen LogP contribution in [0.25, 0.3) is 0 Å². The summed E-state index contributed by atoms with van der Waals surface area (Å²) in [7, 11) is 6.84. The molecule has 4 unspecified atom stereocenters. The van der Waals surface area contributed by atoms with Crippen molar-refractivity contribution >= 4 is 149 Å². The summed E-state index contributed by atoms with van der Waals surface area (Å²) in [5.74, 6) is 0. The third-order valence-corrected chi connectivity index (χ3v) is 11.8. The third kappa shape index (κ3) is 240. The molecule has 0 aromatic rings. The summed E-state index contributed by atoms with van der Waals surface area (Å²) in [6, 6.07) is 3.19. The van der Waals surface area contributed by atoms with E-state index in [2.05, 4.69) is 300 Å². The van der Waals surface area contributed by atoms with Crippen LogP contribution >= 0.6 is 0 Å². The molecule has 4 atom stereocenters. The SMILES string of the molecule is CC(C)(C)N=CC=NC(C)(C)C.CC(C)(C)N=CC=NC(C)(C)C.CC(C)N=CC=NC(C)C.CC(C)N=CC=NC(C)C.CCC(C)N=CC=NC(C)CC.CCC(C)N=CC=NC(C)CC.CCCN=CC=NCCC.CCCN=CC=NCCC.CCCN=CC=NCCC.CCN=CC=NCC.CN=CC=NC.CN=CC=NC.[Ni].[Ni].[Ni].[Ni].[Ni].[Ni]. The molecule has 0 aromatic heterocycles. The van der Waals surface area contributed by atoms with E-state index in [0.29, 0.717) is 48.3 Å². The van der Waals surface area contributed by atoms with Crippen molar-refractivity contribution in [1.29, 1.82) is 0 Å². The Hall–Kier alpha value is -4.96. The van der Waals surface area contributed by atoms with Gasteiger partial charge in [-0.1, -0.05) is 69.2 Å². The van der Waals surface area contributed by atoms with E-state index in [4.69, 9.17) is 0 Å². The molecule has 124 heavy (non-hydrogen) atoms. The van der Waals surface area contributed by atoms with Crippen molar-refractivity contribution in [3.63, 3.8) is 0 Å². The van der Waals surface area contributed by atoms with Crippen LogP contribution in [0.5, 0.6) is 0 Å². The summed E-state index contributed by atoms with van der Waals surface area (Å²) < 4.78 is 0. The summed E-state index contributed by atoms with van der Waals surface area (Å²) in [6.07, 6.45) is 53.0. The molecule has 0 aliphatic rings. The van der Waals surface area contributed by atoms with Gasteiger partial charge in [-0.15, -0.1) is 0 Å². The van der Waals surface area contributed by atoms with E-state index in [1.807, 2.05) is 69.2 Å². The minimum atomic E-state index is 0. The van der Waals surface area contributed by atoms with Crippen molar-refractivity contribution in [2.45, 2.75) is 384 Å². The molecular weight excluding hydrogens is 1820 g/mol. The first kappa shape index (κ1) is 162. The Morgan fingerprint density at radius 1 is 0.185 bits per heavy atom. The second kappa shape index (κ2) is 136. The van der Waals surface area contributed by atoms with Crippen molar-refractivity contribution in [3.05, 3.63) is 0 Å². The summed E-state index contributed by atoms with van der Waals surface area (Å²) in [6.45, 7) is 81.9. The maximum atomic E-state index is 4.29. The van der Waals surface area contributed by atoms with Crippen LogP contribution in [0.2, 0.25) is 0 Å². The molecule has 0 saturated carbocycles. The summed E-state index contributed by atoms with van der Waals surface area (Å²) in [5, 5.41) is 0. The molecule has 0 aliphatic heterocycles. The van der Waals surface area contributed by atoms with Gasteiger partial charge in [0.05, 0.1) is 22.2 Å².